The van der Waals surface area contributed by atoms with Gasteiger partial charge in [0.1, 0.15) is 11.6 Å². The van der Waals surface area contributed by atoms with Crippen LogP contribution in [0.15, 0.2) is 76.8 Å². The van der Waals surface area contributed by atoms with E-state index < -0.39 is 49.9 Å². The molecule has 0 aliphatic carbocycles. The molecular weight excluding hydrogens is 593 g/mol. The third-order valence-corrected chi connectivity index (χ3v) is 9.15. The van der Waals surface area contributed by atoms with E-state index in [0.29, 0.717) is 17.8 Å². The van der Waals surface area contributed by atoms with Crippen molar-refractivity contribution in [2.75, 3.05) is 18.8 Å². The molecule has 1 saturated heterocycles. The number of ether oxygens (including phenoxy) is 1. The van der Waals surface area contributed by atoms with E-state index in [1.807, 2.05) is 0 Å². The van der Waals surface area contributed by atoms with Crippen LogP contribution in [-0.4, -0.2) is 41.8 Å². The Hall–Kier alpha value is -3.87. The van der Waals surface area contributed by atoms with Gasteiger partial charge in [0.05, 0.1) is 24.2 Å². The lowest BCUT2D eigenvalue weighted by atomic mass is 9.98. The van der Waals surface area contributed by atoms with Crippen LogP contribution in [0.5, 0.6) is 0 Å². The zero-order valence-corrected chi connectivity index (χ0v) is 25.0. The minimum Gasteiger partial charge on any atom is -0.369 e. The third kappa shape index (κ3) is 7.79. The van der Waals surface area contributed by atoms with E-state index in [1.165, 1.54) is 16.8 Å². The lowest BCUT2D eigenvalue weighted by Gasteiger charge is -2.23. The lowest BCUT2D eigenvalue weighted by molar-refractivity contribution is 0.0360. The Balaban J connectivity index is 1.37. The summed E-state index contributed by atoms with van der Waals surface area (Å²) in [6.07, 6.45) is 2.50. The standard InChI is InChI=1S/C32H33F3N4O4S/c1-21-15-29(25-16-28(35)31(40)39(19-25)18-22-9-12-36-13-10-22)38-32(37-21)44(41,42)14-11-30(23-5-3-2-4-6-23)43-20-24-7-8-26(33)17-27(24)34/h2-8,15-17,19,22,30,36H,9-14,18,20H2,1H3. The number of pyridine rings is 1. The molecule has 44 heavy (non-hydrogen) atoms. The van der Waals surface area contributed by atoms with Crippen molar-refractivity contribution in [3.05, 3.63) is 111 Å². The molecule has 12 heteroatoms. The smallest absolute Gasteiger partial charge is 0.286 e. The maximum atomic E-state index is 14.8. The van der Waals surface area contributed by atoms with Gasteiger partial charge in [-0.3, -0.25) is 4.79 Å². The van der Waals surface area contributed by atoms with Crippen LogP contribution in [0.1, 0.15) is 42.2 Å². The molecular formula is C32H33F3N4O4S. The molecule has 1 aliphatic rings. The molecule has 5 rings (SSSR count). The van der Waals surface area contributed by atoms with E-state index in [1.54, 1.807) is 43.3 Å². The predicted molar refractivity (Wildman–Crippen MR) is 159 cm³/mol. The molecule has 0 saturated carbocycles. The second kappa shape index (κ2) is 13.8. The fraction of sp³-hybridized carbons (Fsp3) is 0.344. The van der Waals surface area contributed by atoms with Gasteiger partial charge in [-0.15, -0.1) is 0 Å². The van der Waals surface area contributed by atoms with Crippen molar-refractivity contribution in [1.29, 1.82) is 0 Å². The van der Waals surface area contributed by atoms with Crippen molar-refractivity contribution in [2.45, 2.75) is 50.6 Å². The molecule has 1 aliphatic heterocycles. The summed E-state index contributed by atoms with van der Waals surface area (Å²) in [7, 11) is -4.06. The number of hydrogen-bond acceptors (Lipinski definition) is 7. The molecule has 2 aromatic carbocycles. The zero-order valence-electron chi connectivity index (χ0n) is 24.2. The van der Waals surface area contributed by atoms with Gasteiger partial charge in [0.15, 0.2) is 5.82 Å². The molecule has 2 aromatic heterocycles. The first-order valence-electron chi connectivity index (χ1n) is 14.4. The van der Waals surface area contributed by atoms with E-state index in [9.17, 15) is 26.4 Å². The summed E-state index contributed by atoms with van der Waals surface area (Å²) in [5.74, 6) is -2.60. The highest BCUT2D eigenvalue weighted by Gasteiger charge is 2.24. The van der Waals surface area contributed by atoms with Crippen molar-refractivity contribution in [3.63, 3.8) is 0 Å². The van der Waals surface area contributed by atoms with Gasteiger partial charge in [0.25, 0.3) is 5.56 Å². The number of halogens is 3. The summed E-state index contributed by atoms with van der Waals surface area (Å²) in [4.78, 5) is 21.0. The Bertz CT molecular complexity index is 1780. The van der Waals surface area contributed by atoms with Crippen LogP contribution in [0.3, 0.4) is 0 Å². The number of benzene rings is 2. The molecule has 1 unspecified atom stereocenters. The number of aromatic nitrogens is 3. The van der Waals surface area contributed by atoms with Gasteiger partial charge >= 0.3 is 0 Å². The molecule has 0 bridgehead atoms. The summed E-state index contributed by atoms with van der Waals surface area (Å²) in [5, 5.41) is 2.83. The number of piperidine rings is 1. The number of nitrogens with zero attached hydrogens (tertiary/aromatic N) is 3. The second-order valence-corrected chi connectivity index (χ2v) is 13.0. The topological polar surface area (TPSA) is 103 Å². The van der Waals surface area contributed by atoms with Crippen LogP contribution in [0.25, 0.3) is 11.3 Å². The average Bonchev–Trinajstić information content (AvgIpc) is 3.01. The largest absolute Gasteiger partial charge is 0.369 e. The highest BCUT2D eigenvalue weighted by molar-refractivity contribution is 7.91. The molecule has 0 spiro atoms. The van der Waals surface area contributed by atoms with E-state index in [4.69, 9.17) is 4.74 Å². The maximum Gasteiger partial charge on any atom is 0.286 e. The minimum absolute atomic E-state index is 0.00243. The maximum absolute atomic E-state index is 14.8. The molecule has 232 valence electrons. The first-order valence-corrected chi connectivity index (χ1v) is 16.0. The average molecular weight is 627 g/mol. The number of hydrogen-bond donors (Lipinski definition) is 1. The molecule has 1 N–H and O–H groups in total. The fourth-order valence-corrected chi connectivity index (χ4v) is 6.47. The summed E-state index contributed by atoms with van der Waals surface area (Å²) < 4.78 is 76.6. The van der Waals surface area contributed by atoms with Crippen molar-refractivity contribution in [3.8, 4) is 11.3 Å². The Labute approximate surface area is 253 Å². The van der Waals surface area contributed by atoms with Gasteiger partial charge in [0.2, 0.25) is 15.0 Å². The molecule has 3 heterocycles. The van der Waals surface area contributed by atoms with E-state index in [2.05, 4.69) is 15.3 Å². The second-order valence-electron chi connectivity index (χ2n) is 11.0. The first kappa shape index (κ1) is 31.6. The highest BCUT2D eigenvalue weighted by Crippen LogP contribution is 2.27. The summed E-state index contributed by atoms with van der Waals surface area (Å²) in [6.45, 7) is 3.41. The van der Waals surface area contributed by atoms with E-state index in [-0.39, 0.29) is 35.8 Å². The van der Waals surface area contributed by atoms with Crippen molar-refractivity contribution < 1.29 is 26.3 Å². The molecule has 1 fully saturated rings. The van der Waals surface area contributed by atoms with E-state index >= 15 is 0 Å². The van der Waals surface area contributed by atoms with Gasteiger partial charge in [-0.2, -0.15) is 0 Å². The lowest BCUT2D eigenvalue weighted by Crippen LogP contribution is -2.33. The Morgan fingerprint density at radius 3 is 2.48 bits per heavy atom. The van der Waals surface area contributed by atoms with Crippen molar-refractivity contribution >= 4 is 9.84 Å². The summed E-state index contributed by atoms with van der Waals surface area (Å²) >= 11 is 0. The third-order valence-electron chi connectivity index (χ3n) is 7.64. The van der Waals surface area contributed by atoms with Crippen molar-refractivity contribution in [1.82, 2.24) is 19.9 Å². The Morgan fingerprint density at radius 1 is 1.00 bits per heavy atom. The van der Waals surface area contributed by atoms with Crippen LogP contribution in [0, 0.1) is 30.3 Å². The SMILES string of the molecule is Cc1cc(-c2cc(F)c(=O)n(CC3CCNCC3)c2)nc(S(=O)(=O)CCC(OCc2ccc(F)cc2F)c2ccccc2)n1. The number of sulfone groups is 1. The molecule has 0 radical (unpaired) electrons. The number of rotatable bonds is 11. The molecule has 0 amide bonds. The van der Waals surface area contributed by atoms with Crippen LogP contribution >= 0.6 is 0 Å². The van der Waals surface area contributed by atoms with Gasteiger partial charge in [-0.25, -0.2) is 31.6 Å². The monoisotopic (exact) mass is 626 g/mol. The minimum atomic E-state index is -4.06. The van der Waals surface area contributed by atoms with Crippen LogP contribution in [0.4, 0.5) is 13.2 Å². The van der Waals surface area contributed by atoms with Crippen LogP contribution in [-0.2, 0) is 27.7 Å². The Kier molecular flexibility index (Phi) is 9.92. The van der Waals surface area contributed by atoms with Crippen LogP contribution in [0.2, 0.25) is 0 Å². The van der Waals surface area contributed by atoms with E-state index in [0.717, 1.165) is 44.1 Å². The van der Waals surface area contributed by atoms with Crippen LogP contribution < -0.4 is 10.9 Å². The van der Waals surface area contributed by atoms with Gasteiger partial charge in [-0.05, 0) is 69.0 Å². The fourth-order valence-electron chi connectivity index (χ4n) is 5.24. The summed E-state index contributed by atoms with van der Waals surface area (Å²) in [6, 6.07) is 14.7. The predicted octanol–water partition coefficient (Wildman–Crippen LogP) is 5.15. The number of nitrogens with one attached hydrogen (secondary N) is 1. The van der Waals surface area contributed by atoms with Crippen molar-refractivity contribution in [2.24, 2.45) is 5.92 Å². The molecule has 1 atom stereocenters. The van der Waals surface area contributed by atoms with Gasteiger partial charge in [0, 0.05) is 35.6 Å². The quantitative estimate of drug-likeness (QED) is 0.230. The normalized spacial score (nSPS) is 14.9. The summed E-state index contributed by atoms with van der Waals surface area (Å²) in [5.41, 5.74) is 0.880. The highest BCUT2D eigenvalue weighted by atomic mass is 32.2. The Morgan fingerprint density at radius 2 is 1.75 bits per heavy atom. The number of aryl methyl sites for hydroxylation is 1. The molecule has 4 aromatic rings. The van der Waals surface area contributed by atoms with Gasteiger partial charge < -0.3 is 14.6 Å². The van der Waals surface area contributed by atoms with Gasteiger partial charge in [-0.1, -0.05) is 36.4 Å². The zero-order chi connectivity index (χ0) is 31.3. The first-order chi connectivity index (χ1) is 21.1. The molecule has 8 nitrogen and oxygen atoms in total.